The molecule has 0 radical (unpaired) electrons. The monoisotopic (exact) mass is 254 g/mol. The summed E-state index contributed by atoms with van der Waals surface area (Å²) in [6.07, 6.45) is 3.75. The van der Waals surface area contributed by atoms with Crippen molar-refractivity contribution in [3.8, 4) is 17.0 Å². The van der Waals surface area contributed by atoms with Crippen LogP contribution >= 0.6 is 0 Å². The van der Waals surface area contributed by atoms with Gasteiger partial charge in [0.05, 0.1) is 26.0 Å². The van der Waals surface area contributed by atoms with E-state index in [9.17, 15) is 0 Å². The molecule has 0 N–H and O–H groups in total. The molecule has 0 bridgehead atoms. The van der Waals surface area contributed by atoms with E-state index in [-0.39, 0.29) is 6.17 Å². The van der Waals surface area contributed by atoms with Gasteiger partial charge in [0.1, 0.15) is 5.75 Å². The van der Waals surface area contributed by atoms with Crippen molar-refractivity contribution in [1.82, 2.24) is 14.4 Å². The molecule has 3 rings (SSSR count). The first-order valence-corrected chi connectivity index (χ1v) is 6.07. The Morgan fingerprint density at radius 2 is 2.11 bits per heavy atom. The lowest BCUT2D eigenvalue weighted by Crippen LogP contribution is -1.99. The number of aromatic nitrogens is 3. The Morgan fingerprint density at radius 1 is 1.26 bits per heavy atom. The summed E-state index contributed by atoms with van der Waals surface area (Å²) in [5.74, 6) is 0.829. The van der Waals surface area contributed by atoms with E-state index in [4.69, 9.17) is 6.11 Å². The first-order valence-electron chi connectivity index (χ1n) is 6.57. The van der Waals surface area contributed by atoms with Crippen molar-refractivity contribution < 1.29 is 6.11 Å². The van der Waals surface area contributed by atoms with Gasteiger partial charge < -0.3 is 4.74 Å². The molecule has 4 nitrogen and oxygen atoms in total. The van der Waals surface area contributed by atoms with Crippen molar-refractivity contribution in [2.24, 2.45) is 0 Å². The van der Waals surface area contributed by atoms with Gasteiger partial charge in [0, 0.05) is 18.0 Å². The van der Waals surface area contributed by atoms with Gasteiger partial charge in [-0.1, -0.05) is 0 Å². The van der Waals surface area contributed by atoms with Gasteiger partial charge in [0.25, 0.3) is 0 Å². The summed E-state index contributed by atoms with van der Waals surface area (Å²) >= 11 is 0. The van der Waals surface area contributed by atoms with Gasteiger partial charge in [-0.2, -0.15) is 0 Å². The quantitative estimate of drug-likeness (QED) is 0.705. The van der Waals surface area contributed by atoms with Gasteiger partial charge >= 0.3 is 0 Å². The number of fused-ring (bicyclic) bond motifs is 1. The van der Waals surface area contributed by atoms with Crippen LogP contribution in [0.2, 0.25) is 0 Å². The van der Waals surface area contributed by atoms with Gasteiger partial charge in [0.15, 0.2) is 5.65 Å². The van der Waals surface area contributed by atoms with Crippen molar-refractivity contribution >= 4 is 5.65 Å². The molecule has 4 heteroatoms. The first-order chi connectivity index (χ1) is 9.61. The summed E-state index contributed by atoms with van der Waals surface area (Å²) < 4.78 is 15.0. The molecular formula is C15H15N3O. The number of nitrogens with zero attached hydrogens (tertiary/aromatic N) is 3. The van der Waals surface area contributed by atoms with Crippen molar-refractivity contribution in [3.63, 3.8) is 0 Å². The normalized spacial score (nSPS) is 11.6. The van der Waals surface area contributed by atoms with Gasteiger partial charge in [-0.15, -0.1) is 0 Å². The number of hydrogen-bond acceptors (Lipinski definition) is 3. The van der Waals surface area contributed by atoms with Crippen LogP contribution in [0.25, 0.3) is 16.9 Å². The highest BCUT2D eigenvalue weighted by molar-refractivity contribution is 5.69. The molecule has 3 aromatic rings. The highest BCUT2D eigenvalue weighted by atomic mass is 16.5. The van der Waals surface area contributed by atoms with Crippen LogP contribution in [0.5, 0.6) is 5.75 Å². The predicted molar refractivity (Wildman–Crippen MR) is 74.4 cm³/mol. The number of hydrogen-bond donors (Lipinski definition) is 0. The third kappa shape index (κ3) is 1.85. The average Bonchev–Trinajstić information content (AvgIpc) is 2.90. The Kier molecular flexibility index (Phi) is 2.44. The Bertz CT molecular complexity index is 795. The SMILES string of the molecule is [2H]c1nc(C)c(-c2ccc(OC)cc2C)n2ccnc12. The number of ether oxygens (including phenoxy) is 1. The van der Waals surface area contributed by atoms with Crippen LogP contribution in [0.3, 0.4) is 0 Å². The van der Waals surface area contributed by atoms with E-state index in [0.29, 0.717) is 5.65 Å². The number of imidazole rings is 1. The van der Waals surface area contributed by atoms with Gasteiger partial charge in [-0.3, -0.25) is 9.38 Å². The zero-order valence-electron chi connectivity index (χ0n) is 12.1. The molecule has 0 aliphatic heterocycles. The summed E-state index contributed by atoms with van der Waals surface area (Å²) in [5, 5.41) is 0. The minimum absolute atomic E-state index is 0.197. The second-order valence-corrected chi connectivity index (χ2v) is 4.46. The van der Waals surface area contributed by atoms with E-state index >= 15 is 0 Å². The predicted octanol–water partition coefficient (Wildman–Crippen LogP) is 3.02. The molecular weight excluding hydrogens is 238 g/mol. The number of rotatable bonds is 2. The maximum atomic E-state index is 7.88. The Balaban J connectivity index is 2.32. The van der Waals surface area contributed by atoms with Crippen molar-refractivity contribution in [1.29, 1.82) is 0 Å². The van der Waals surface area contributed by atoms with E-state index in [1.165, 1.54) is 0 Å². The summed E-state index contributed by atoms with van der Waals surface area (Å²) in [6, 6.07) is 5.94. The lowest BCUT2D eigenvalue weighted by Gasteiger charge is -2.12. The van der Waals surface area contributed by atoms with Gasteiger partial charge in [-0.05, 0) is 37.6 Å². The maximum absolute atomic E-state index is 7.88. The third-order valence-corrected chi connectivity index (χ3v) is 3.24. The Labute approximate surface area is 113 Å². The van der Waals surface area contributed by atoms with Crippen LogP contribution in [-0.2, 0) is 0 Å². The molecule has 0 aliphatic carbocycles. The molecule has 2 heterocycles. The summed E-state index contributed by atoms with van der Waals surface area (Å²) in [6.45, 7) is 3.95. The fraction of sp³-hybridized carbons (Fsp3) is 0.200. The zero-order chi connectivity index (χ0) is 14.3. The average molecular weight is 254 g/mol. The number of methoxy groups -OCH3 is 1. The van der Waals surface area contributed by atoms with Gasteiger partial charge in [-0.25, -0.2) is 4.98 Å². The summed E-state index contributed by atoms with van der Waals surface area (Å²) in [5.41, 5.74) is 4.52. The van der Waals surface area contributed by atoms with Crippen molar-refractivity contribution in [2.45, 2.75) is 13.8 Å². The fourth-order valence-electron chi connectivity index (χ4n) is 2.28. The molecule has 0 spiro atoms. The standard InChI is InChI=1S/C15H15N3O/c1-10-8-12(19-3)4-5-13(10)15-11(2)17-9-14-16-6-7-18(14)15/h4-9H,1-3H3/i9D. The molecule has 0 saturated heterocycles. The zero-order valence-corrected chi connectivity index (χ0v) is 11.1. The summed E-state index contributed by atoms with van der Waals surface area (Å²) in [4.78, 5) is 8.48. The Hall–Kier alpha value is -2.36. The Morgan fingerprint density at radius 3 is 2.84 bits per heavy atom. The highest BCUT2D eigenvalue weighted by Gasteiger charge is 2.11. The second-order valence-electron chi connectivity index (χ2n) is 4.46. The number of aryl methyl sites for hydroxylation is 2. The van der Waals surface area contributed by atoms with Crippen molar-refractivity contribution in [2.75, 3.05) is 7.11 Å². The smallest absolute Gasteiger partial charge is 0.155 e. The molecule has 0 atom stereocenters. The molecule has 0 fully saturated rings. The highest BCUT2D eigenvalue weighted by Crippen LogP contribution is 2.28. The largest absolute Gasteiger partial charge is 0.497 e. The van der Waals surface area contributed by atoms with E-state index in [0.717, 1.165) is 28.3 Å². The second kappa shape index (κ2) is 4.39. The molecule has 1 aromatic carbocycles. The lowest BCUT2D eigenvalue weighted by molar-refractivity contribution is 0.414. The molecule has 2 aromatic heterocycles. The van der Waals surface area contributed by atoms with Crippen LogP contribution in [0.1, 0.15) is 12.6 Å². The van der Waals surface area contributed by atoms with Crippen LogP contribution in [0, 0.1) is 13.8 Å². The molecule has 0 amide bonds. The van der Waals surface area contributed by atoms with E-state index in [1.807, 2.05) is 42.6 Å². The minimum atomic E-state index is 0.197. The summed E-state index contributed by atoms with van der Waals surface area (Å²) in [7, 11) is 1.66. The third-order valence-electron chi connectivity index (χ3n) is 3.24. The first kappa shape index (κ1) is 10.6. The van der Waals surface area contributed by atoms with Crippen LogP contribution in [-0.4, -0.2) is 21.5 Å². The van der Waals surface area contributed by atoms with Crippen molar-refractivity contribution in [3.05, 3.63) is 48.0 Å². The number of benzene rings is 1. The maximum Gasteiger partial charge on any atom is 0.155 e. The van der Waals surface area contributed by atoms with E-state index in [1.54, 1.807) is 13.3 Å². The fourth-order valence-corrected chi connectivity index (χ4v) is 2.28. The van der Waals surface area contributed by atoms with E-state index < -0.39 is 0 Å². The topological polar surface area (TPSA) is 39.4 Å². The lowest BCUT2D eigenvalue weighted by atomic mass is 10.0. The molecule has 0 aliphatic rings. The molecule has 0 unspecified atom stereocenters. The molecule has 19 heavy (non-hydrogen) atoms. The minimum Gasteiger partial charge on any atom is -0.497 e. The van der Waals surface area contributed by atoms with E-state index in [2.05, 4.69) is 9.97 Å². The van der Waals surface area contributed by atoms with Gasteiger partial charge in [0.2, 0.25) is 0 Å². The molecule has 96 valence electrons. The molecule has 0 saturated carbocycles. The van der Waals surface area contributed by atoms with Crippen LogP contribution < -0.4 is 4.74 Å². The van der Waals surface area contributed by atoms with Crippen LogP contribution in [0.15, 0.2) is 36.8 Å². The van der Waals surface area contributed by atoms with Crippen LogP contribution in [0.4, 0.5) is 0 Å².